The second-order valence-corrected chi connectivity index (χ2v) is 9.23. The Balaban J connectivity index is 1.27. The Morgan fingerprint density at radius 1 is 1.00 bits per heavy atom. The molecule has 1 aliphatic rings. The first-order chi connectivity index (χ1) is 18.4. The number of benzene rings is 3. The Bertz CT molecular complexity index is 1510. The van der Waals surface area contributed by atoms with E-state index in [0.717, 1.165) is 11.1 Å². The van der Waals surface area contributed by atoms with E-state index in [1.54, 1.807) is 54.9 Å². The van der Waals surface area contributed by atoms with Gasteiger partial charge in [-0.15, -0.1) is 0 Å². The minimum Gasteiger partial charge on any atom is -0.493 e. The minimum absolute atomic E-state index is 0.266. The highest BCUT2D eigenvalue weighted by molar-refractivity contribution is 6.32. The van der Waals surface area contributed by atoms with Crippen molar-refractivity contribution in [3.05, 3.63) is 100 Å². The molecule has 0 fully saturated rings. The highest BCUT2D eigenvalue weighted by Gasteiger charge is 2.27. The van der Waals surface area contributed by atoms with Crippen molar-refractivity contribution < 1.29 is 28.9 Å². The van der Waals surface area contributed by atoms with E-state index in [1.807, 2.05) is 24.3 Å². The van der Waals surface area contributed by atoms with Gasteiger partial charge in [-0.2, -0.15) is 0 Å². The number of hydrogen-bond donors (Lipinski definition) is 2. The summed E-state index contributed by atoms with van der Waals surface area (Å²) in [4.78, 5) is 28.0. The number of ether oxygens (including phenoxy) is 3. The van der Waals surface area contributed by atoms with Gasteiger partial charge in [0.05, 0.1) is 23.5 Å². The number of hydrogen-bond acceptors (Lipinski definition) is 6. The van der Waals surface area contributed by atoms with Crippen molar-refractivity contribution >= 4 is 41.0 Å². The number of amides is 1. The molecule has 0 saturated heterocycles. The van der Waals surface area contributed by atoms with Crippen molar-refractivity contribution in [2.24, 2.45) is 0 Å². The van der Waals surface area contributed by atoms with Crippen molar-refractivity contribution in [3.8, 4) is 28.4 Å². The predicted octanol–water partition coefficient (Wildman–Crippen LogP) is 7.62. The summed E-state index contributed by atoms with van der Waals surface area (Å²) in [6.45, 7) is 0.299. The molecule has 2 heterocycles. The van der Waals surface area contributed by atoms with Crippen LogP contribution in [-0.4, -0.2) is 28.8 Å². The molecule has 1 atom stereocenters. The molecule has 192 valence electrons. The number of carboxylic acid groups (broad SMARTS) is 1. The molecule has 1 unspecified atom stereocenters. The number of anilines is 1. The first-order valence-electron chi connectivity index (χ1n) is 11.5. The summed E-state index contributed by atoms with van der Waals surface area (Å²) in [5.74, 6) is 0.891. The first kappa shape index (κ1) is 25.4. The Labute approximate surface area is 227 Å². The van der Waals surface area contributed by atoms with Crippen LogP contribution in [0.15, 0.2) is 79.1 Å². The third-order valence-corrected chi connectivity index (χ3v) is 6.32. The highest BCUT2D eigenvalue weighted by atomic mass is 35.5. The third-order valence-electron chi connectivity index (χ3n) is 5.79. The molecular weight excluding hydrogens is 531 g/mol. The molecule has 1 aromatic heterocycles. The summed E-state index contributed by atoms with van der Waals surface area (Å²) in [5.41, 5.74) is 3.20. The number of pyridine rings is 1. The fourth-order valence-electron chi connectivity index (χ4n) is 4.02. The molecule has 10 heteroatoms. The number of halogens is 2. The third kappa shape index (κ3) is 5.82. The molecule has 5 rings (SSSR count). The van der Waals surface area contributed by atoms with Crippen LogP contribution in [0.5, 0.6) is 17.2 Å². The lowest BCUT2D eigenvalue weighted by atomic mass is 10.0. The second-order valence-electron chi connectivity index (χ2n) is 8.38. The lowest BCUT2D eigenvalue weighted by molar-refractivity contribution is 0.0326. The van der Waals surface area contributed by atoms with Crippen LogP contribution in [-0.2, 0) is 4.74 Å². The predicted molar refractivity (Wildman–Crippen MR) is 143 cm³/mol. The summed E-state index contributed by atoms with van der Waals surface area (Å²) in [7, 11) is 0. The van der Waals surface area contributed by atoms with Crippen LogP contribution in [0.2, 0.25) is 10.0 Å². The van der Waals surface area contributed by atoms with E-state index in [4.69, 9.17) is 42.5 Å². The highest BCUT2D eigenvalue weighted by Crippen LogP contribution is 2.42. The van der Waals surface area contributed by atoms with Gasteiger partial charge in [0.15, 0.2) is 0 Å². The van der Waals surface area contributed by atoms with E-state index in [0.29, 0.717) is 52.1 Å². The van der Waals surface area contributed by atoms with Crippen molar-refractivity contribution in [2.45, 2.75) is 12.5 Å². The van der Waals surface area contributed by atoms with Gasteiger partial charge in [0.25, 0.3) is 5.91 Å². The average molecular weight is 551 g/mol. The van der Waals surface area contributed by atoms with Crippen LogP contribution >= 0.6 is 23.2 Å². The first-order valence-corrected chi connectivity index (χ1v) is 12.3. The molecule has 0 radical (unpaired) electrons. The van der Waals surface area contributed by atoms with Crippen molar-refractivity contribution in [1.82, 2.24) is 4.98 Å². The Morgan fingerprint density at radius 2 is 1.82 bits per heavy atom. The quantitative estimate of drug-likeness (QED) is 0.238. The normalized spacial score (nSPS) is 14.1. The monoisotopic (exact) mass is 550 g/mol. The van der Waals surface area contributed by atoms with E-state index in [1.165, 1.54) is 0 Å². The van der Waals surface area contributed by atoms with Gasteiger partial charge in [0.2, 0.25) is 0 Å². The molecule has 0 bridgehead atoms. The van der Waals surface area contributed by atoms with Crippen LogP contribution in [0.1, 0.15) is 28.4 Å². The number of carbonyl (C=O) groups excluding carboxylic acids is 1. The summed E-state index contributed by atoms with van der Waals surface area (Å²) in [5, 5.41) is 12.7. The minimum atomic E-state index is -1.37. The maximum atomic E-state index is 12.8. The van der Waals surface area contributed by atoms with E-state index < -0.39 is 12.3 Å². The average Bonchev–Trinajstić information content (AvgIpc) is 2.90. The van der Waals surface area contributed by atoms with Crippen LogP contribution in [0.3, 0.4) is 0 Å². The number of rotatable bonds is 6. The van der Waals surface area contributed by atoms with Gasteiger partial charge in [-0.25, -0.2) is 4.79 Å². The van der Waals surface area contributed by atoms with Crippen LogP contribution in [0.4, 0.5) is 10.5 Å². The Kier molecular flexibility index (Phi) is 7.35. The lowest BCUT2D eigenvalue weighted by Gasteiger charge is -2.25. The largest absolute Gasteiger partial charge is 0.506 e. The second kappa shape index (κ2) is 11.0. The summed E-state index contributed by atoms with van der Waals surface area (Å²) in [6.07, 6.45) is 1.62. The van der Waals surface area contributed by atoms with Crippen molar-refractivity contribution in [1.29, 1.82) is 0 Å². The molecule has 38 heavy (non-hydrogen) atoms. The summed E-state index contributed by atoms with van der Waals surface area (Å²) < 4.78 is 16.5. The fraction of sp³-hybridized carbons (Fsp3) is 0.107. The molecule has 0 spiro atoms. The molecule has 1 aliphatic heterocycles. The number of nitrogens with zero attached hydrogens (tertiary/aromatic N) is 1. The Hall–Kier alpha value is -4.27. The molecule has 4 aromatic rings. The van der Waals surface area contributed by atoms with E-state index in [9.17, 15) is 9.59 Å². The SMILES string of the molecule is O=C(O)OC1CCOc2cc(Oc3ccc(C(=O)Nc4cncc(-c5cccc(Cl)c5)c4)cc3)c(Cl)cc21. The van der Waals surface area contributed by atoms with Crippen LogP contribution < -0.4 is 14.8 Å². The van der Waals surface area contributed by atoms with Gasteiger partial charge in [0, 0.05) is 40.4 Å². The van der Waals surface area contributed by atoms with Crippen molar-refractivity contribution in [3.63, 3.8) is 0 Å². The smallest absolute Gasteiger partial charge is 0.493 e. The topological polar surface area (TPSA) is 107 Å². The van der Waals surface area contributed by atoms with Crippen LogP contribution in [0, 0.1) is 0 Å². The van der Waals surface area contributed by atoms with Gasteiger partial charge < -0.3 is 24.6 Å². The molecule has 8 nitrogen and oxygen atoms in total. The number of fused-ring (bicyclic) bond motifs is 1. The number of carbonyl (C=O) groups is 2. The standard InChI is InChI=1S/C28H20Cl2N2O6/c29-19-3-1-2-17(10-19)18-11-20(15-31-14-18)32-27(33)16-4-6-21(7-5-16)37-26-13-25-22(12-23(26)30)24(8-9-36-25)38-28(34)35/h1-7,10-15,24H,8-9H2,(H,32,33)(H,34,35). The van der Waals surface area contributed by atoms with E-state index in [2.05, 4.69) is 10.3 Å². The zero-order chi connectivity index (χ0) is 26.6. The van der Waals surface area contributed by atoms with Gasteiger partial charge in [-0.3, -0.25) is 9.78 Å². The molecule has 0 saturated carbocycles. The lowest BCUT2D eigenvalue weighted by Crippen LogP contribution is -2.18. The van der Waals surface area contributed by atoms with E-state index >= 15 is 0 Å². The van der Waals surface area contributed by atoms with Crippen LogP contribution in [0.25, 0.3) is 11.1 Å². The van der Waals surface area contributed by atoms with E-state index in [-0.39, 0.29) is 10.9 Å². The van der Waals surface area contributed by atoms with Gasteiger partial charge >= 0.3 is 6.16 Å². The number of nitrogens with one attached hydrogen (secondary N) is 1. The molecule has 2 N–H and O–H groups in total. The molecule has 0 aliphatic carbocycles. The zero-order valence-electron chi connectivity index (χ0n) is 19.7. The molecule has 3 aromatic carbocycles. The molecule has 1 amide bonds. The van der Waals surface area contributed by atoms with Gasteiger partial charge in [0.1, 0.15) is 23.4 Å². The zero-order valence-corrected chi connectivity index (χ0v) is 21.2. The van der Waals surface area contributed by atoms with Gasteiger partial charge in [-0.05, 0) is 54.1 Å². The maximum Gasteiger partial charge on any atom is 0.506 e. The van der Waals surface area contributed by atoms with Gasteiger partial charge in [-0.1, -0.05) is 35.3 Å². The molecular formula is C28H20Cl2N2O6. The Morgan fingerprint density at radius 3 is 2.58 bits per heavy atom. The summed E-state index contributed by atoms with van der Waals surface area (Å²) in [6, 6.07) is 18.9. The summed E-state index contributed by atoms with van der Waals surface area (Å²) >= 11 is 12.5. The number of aromatic nitrogens is 1. The van der Waals surface area contributed by atoms with Crippen molar-refractivity contribution in [2.75, 3.05) is 11.9 Å². The fourth-order valence-corrected chi connectivity index (χ4v) is 4.42. The maximum absolute atomic E-state index is 12.8.